The Labute approximate surface area is 110 Å². The molecule has 0 radical (unpaired) electrons. The molecule has 2 heterocycles. The number of fused-ring (bicyclic) bond motifs is 1. The number of aromatic nitrogens is 2. The van der Waals surface area contributed by atoms with Crippen LogP contribution in [-0.2, 0) is 4.79 Å². The molecular formula is C14H14N2OS. The summed E-state index contributed by atoms with van der Waals surface area (Å²) >= 11 is 1.78. The largest absolute Gasteiger partial charge is 0.300 e. The molecule has 0 atom stereocenters. The van der Waals surface area contributed by atoms with E-state index in [2.05, 4.69) is 16.0 Å². The van der Waals surface area contributed by atoms with Crippen LogP contribution in [0.3, 0.4) is 0 Å². The molecule has 0 aromatic carbocycles. The van der Waals surface area contributed by atoms with Gasteiger partial charge in [-0.3, -0.25) is 4.79 Å². The first kappa shape index (κ1) is 11.7. The minimum atomic E-state index is 0.403. The molecule has 92 valence electrons. The van der Waals surface area contributed by atoms with Crippen LogP contribution in [0.5, 0.6) is 0 Å². The molecule has 0 N–H and O–H groups in total. The third kappa shape index (κ3) is 2.53. The lowest BCUT2D eigenvalue weighted by Gasteiger charge is -2.19. The maximum absolute atomic E-state index is 11.2. The lowest BCUT2D eigenvalue weighted by Crippen LogP contribution is -2.15. The van der Waals surface area contributed by atoms with Gasteiger partial charge < -0.3 is 0 Å². The lowest BCUT2D eigenvalue weighted by molar-refractivity contribution is -0.120. The van der Waals surface area contributed by atoms with E-state index in [1.165, 1.54) is 0 Å². The van der Waals surface area contributed by atoms with Crippen molar-refractivity contribution in [3.05, 3.63) is 30.5 Å². The Bertz CT molecular complexity index is 575. The first-order chi connectivity index (χ1) is 8.81. The third-order valence-electron chi connectivity index (χ3n) is 3.22. The number of nitrogens with zero attached hydrogens (tertiary/aromatic N) is 2. The minimum Gasteiger partial charge on any atom is -0.300 e. The number of pyridine rings is 2. The highest BCUT2D eigenvalue weighted by Crippen LogP contribution is 2.32. The highest BCUT2D eigenvalue weighted by Gasteiger charge is 2.20. The van der Waals surface area contributed by atoms with Gasteiger partial charge in [0.2, 0.25) is 0 Å². The Morgan fingerprint density at radius 2 is 2.00 bits per heavy atom. The molecule has 3 rings (SSSR count). The smallest absolute Gasteiger partial charge is 0.160 e. The molecule has 2 aromatic rings. The van der Waals surface area contributed by atoms with E-state index in [0.717, 1.165) is 41.7 Å². The average molecular weight is 258 g/mol. The summed E-state index contributed by atoms with van der Waals surface area (Å²) in [5.74, 6) is 0.403. The Balaban J connectivity index is 1.76. The van der Waals surface area contributed by atoms with E-state index in [1.54, 1.807) is 18.0 Å². The number of carbonyl (C=O) groups is 1. The monoisotopic (exact) mass is 258 g/mol. The van der Waals surface area contributed by atoms with E-state index in [-0.39, 0.29) is 0 Å². The summed E-state index contributed by atoms with van der Waals surface area (Å²) in [6.45, 7) is 0. The van der Waals surface area contributed by atoms with Gasteiger partial charge >= 0.3 is 0 Å². The van der Waals surface area contributed by atoms with Gasteiger partial charge in [0.15, 0.2) is 5.65 Å². The lowest BCUT2D eigenvalue weighted by atomic mass is 9.99. The van der Waals surface area contributed by atoms with Crippen LogP contribution in [0.2, 0.25) is 0 Å². The van der Waals surface area contributed by atoms with Crippen LogP contribution in [0, 0.1) is 0 Å². The van der Waals surface area contributed by atoms with E-state index in [9.17, 15) is 4.79 Å². The van der Waals surface area contributed by atoms with Crippen molar-refractivity contribution >= 4 is 28.6 Å². The molecule has 0 amide bonds. The Morgan fingerprint density at radius 1 is 1.17 bits per heavy atom. The molecule has 0 bridgehead atoms. The fraction of sp³-hybridized carbons (Fsp3) is 0.357. The molecule has 1 aliphatic rings. The van der Waals surface area contributed by atoms with Crippen molar-refractivity contribution in [3.63, 3.8) is 0 Å². The molecule has 0 unspecified atom stereocenters. The van der Waals surface area contributed by atoms with E-state index >= 15 is 0 Å². The van der Waals surface area contributed by atoms with Crippen LogP contribution in [0.4, 0.5) is 0 Å². The highest BCUT2D eigenvalue weighted by atomic mass is 32.2. The zero-order valence-electron chi connectivity index (χ0n) is 10.0. The topological polar surface area (TPSA) is 42.9 Å². The summed E-state index contributed by atoms with van der Waals surface area (Å²) < 4.78 is 0. The normalized spacial score (nSPS) is 17.2. The molecule has 0 spiro atoms. The first-order valence-electron chi connectivity index (χ1n) is 6.21. The van der Waals surface area contributed by atoms with Crippen LogP contribution in [0.25, 0.3) is 11.0 Å². The zero-order valence-corrected chi connectivity index (χ0v) is 10.8. The summed E-state index contributed by atoms with van der Waals surface area (Å²) in [7, 11) is 0. The molecular weight excluding hydrogens is 244 g/mol. The van der Waals surface area contributed by atoms with Gasteiger partial charge in [-0.05, 0) is 37.1 Å². The zero-order chi connectivity index (χ0) is 12.4. The summed E-state index contributed by atoms with van der Waals surface area (Å²) in [5, 5.41) is 2.61. The fourth-order valence-corrected chi connectivity index (χ4v) is 3.30. The van der Waals surface area contributed by atoms with Gasteiger partial charge in [0.25, 0.3) is 0 Å². The number of thioether (sulfide) groups is 1. The van der Waals surface area contributed by atoms with E-state index in [4.69, 9.17) is 0 Å². The second kappa shape index (κ2) is 5.06. The molecule has 4 heteroatoms. The Hall–Kier alpha value is -1.42. The number of ketones is 1. The van der Waals surface area contributed by atoms with E-state index in [0.29, 0.717) is 11.0 Å². The fourth-order valence-electron chi connectivity index (χ4n) is 2.20. The predicted molar refractivity (Wildman–Crippen MR) is 72.7 cm³/mol. The number of carbonyl (C=O) groups excluding carboxylic acids is 1. The standard InChI is InChI=1S/C14H14N2OS/c17-11-4-6-12(7-5-11)18-13-8-3-10-2-1-9-15-14(10)16-13/h1-3,8-9,12H,4-7H2. The van der Waals surface area contributed by atoms with Gasteiger partial charge in [-0.1, -0.05) is 0 Å². The SMILES string of the molecule is O=C1CCC(Sc2ccc3cccnc3n2)CC1. The van der Waals surface area contributed by atoms with Crippen molar-refractivity contribution in [1.82, 2.24) is 9.97 Å². The molecule has 0 aliphatic heterocycles. The van der Waals surface area contributed by atoms with Crippen molar-refractivity contribution in [2.75, 3.05) is 0 Å². The van der Waals surface area contributed by atoms with E-state index in [1.807, 2.05) is 18.2 Å². The van der Waals surface area contributed by atoms with Gasteiger partial charge in [0, 0.05) is 29.7 Å². The maximum Gasteiger partial charge on any atom is 0.160 e. The van der Waals surface area contributed by atoms with Gasteiger partial charge in [-0.25, -0.2) is 9.97 Å². The van der Waals surface area contributed by atoms with Crippen molar-refractivity contribution in [1.29, 1.82) is 0 Å². The molecule has 3 nitrogen and oxygen atoms in total. The Morgan fingerprint density at radius 3 is 2.83 bits per heavy atom. The molecule has 1 saturated carbocycles. The summed E-state index contributed by atoms with van der Waals surface area (Å²) in [6.07, 6.45) is 5.17. The van der Waals surface area contributed by atoms with Crippen molar-refractivity contribution in [3.8, 4) is 0 Å². The number of rotatable bonds is 2. The van der Waals surface area contributed by atoms with Crippen LogP contribution >= 0.6 is 11.8 Å². The molecule has 2 aromatic heterocycles. The van der Waals surface area contributed by atoms with Crippen LogP contribution in [0.15, 0.2) is 35.5 Å². The Kier molecular flexibility index (Phi) is 3.28. The van der Waals surface area contributed by atoms with Gasteiger partial charge in [-0.15, -0.1) is 11.8 Å². The van der Waals surface area contributed by atoms with Crippen LogP contribution < -0.4 is 0 Å². The van der Waals surface area contributed by atoms with Gasteiger partial charge in [0.1, 0.15) is 5.78 Å². The molecule has 1 aliphatic carbocycles. The number of Topliss-reactive ketones (excluding diaryl/α,β-unsaturated/α-hetero) is 1. The minimum absolute atomic E-state index is 0.403. The molecule has 0 saturated heterocycles. The maximum atomic E-state index is 11.2. The van der Waals surface area contributed by atoms with Crippen LogP contribution in [-0.4, -0.2) is 21.0 Å². The number of hydrogen-bond acceptors (Lipinski definition) is 4. The second-order valence-electron chi connectivity index (χ2n) is 4.56. The van der Waals surface area contributed by atoms with Crippen molar-refractivity contribution in [2.45, 2.75) is 36.0 Å². The highest BCUT2D eigenvalue weighted by molar-refractivity contribution is 7.99. The second-order valence-corrected chi connectivity index (χ2v) is 5.88. The average Bonchev–Trinajstić information content (AvgIpc) is 2.41. The van der Waals surface area contributed by atoms with Gasteiger partial charge in [0.05, 0.1) is 5.03 Å². The van der Waals surface area contributed by atoms with E-state index < -0.39 is 0 Å². The van der Waals surface area contributed by atoms with Crippen molar-refractivity contribution in [2.24, 2.45) is 0 Å². The summed E-state index contributed by atoms with van der Waals surface area (Å²) in [4.78, 5) is 20.0. The predicted octanol–water partition coefficient (Wildman–Crippen LogP) is 3.23. The molecule has 1 fully saturated rings. The van der Waals surface area contributed by atoms with Gasteiger partial charge in [-0.2, -0.15) is 0 Å². The first-order valence-corrected chi connectivity index (χ1v) is 7.09. The summed E-state index contributed by atoms with van der Waals surface area (Å²) in [6, 6.07) is 8.05. The molecule has 18 heavy (non-hydrogen) atoms. The van der Waals surface area contributed by atoms with Crippen molar-refractivity contribution < 1.29 is 4.79 Å². The third-order valence-corrected chi connectivity index (χ3v) is 4.49. The number of hydrogen-bond donors (Lipinski definition) is 0. The van der Waals surface area contributed by atoms with Crippen LogP contribution in [0.1, 0.15) is 25.7 Å². The quantitative estimate of drug-likeness (QED) is 0.829. The summed E-state index contributed by atoms with van der Waals surface area (Å²) in [5.41, 5.74) is 0.800.